The van der Waals surface area contributed by atoms with E-state index in [2.05, 4.69) is 15.4 Å². The Balaban J connectivity index is 1.60. The van der Waals surface area contributed by atoms with Crippen LogP contribution >= 0.6 is 23.2 Å². The number of rotatable bonds is 5. The number of aromatic nitrogens is 4. The Labute approximate surface area is 187 Å². The summed E-state index contributed by atoms with van der Waals surface area (Å²) in [6, 6.07) is 10.3. The van der Waals surface area contributed by atoms with Crippen molar-refractivity contribution in [1.82, 2.24) is 19.3 Å². The van der Waals surface area contributed by atoms with Gasteiger partial charge in [-0.25, -0.2) is 9.67 Å². The molecule has 10 heteroatoms. The summed E-state index contributed by atoms with van der Waals surface area (Å²) in [6.07, 6.45) is 2.76. The molecule has 8 nitrogen and oxygen atoms in total. The van der Waals surface area contributed by atoms with Crippen LogP contribution in [-0.4, -0.2) is 32.3 Å². The summed E-state index contributed by atoms with van der Waals surface area (Å²) in [4.78, 5) is 29.7. The van der Waals surface area contributed by atoms with Gasteiger partial charge in [-0.1, -0.05) is 29.3 Å². The van der Waals surface area contributed by atoms with E-state index in [1.807, 2.05) is 13.0 Å². The lowest BCUT2D eigenvalue weighted by molar-refractivity contribution is -0.116. The molecule has 0 aliphatic heterocycles. The number of aryl methyl sites for hydroxylation is 1. The van der Waals surface area contributed by atoms with Gasteiger partial charge in [0.15, 0.2) is 5.65 Å². The summed E-state index contributed by atoms with van der Waals surface area (Å²) < 4.78 is 7.87. The number of anilines is 1. The Morgan fingerprint density at radius 1 is 1.19 bits per heavy atom. The van der Waals surface area contributed by atoms with Gasteiger partial charge in [-0.2, -0.15) is 5.10 Å². The number of methoxy groups -OCH3 is 1. The van der Waals surface area contributed by atoms with Gasteiger partial charge in [0, 0.05) is 10.7 Å². The van der Waals surface area contributed by atoms with Gasteiger partial charge in [0.2, 0.25) is 5.91 Å². The van der Waals surface area contributed by atoms with Crippen molar-refractivity contribution in [3.63, 3.8) is 0 Å². The van der Waals surface area contributed by atoms with E-state index < -0.39 is 5.91 Å². The van der Waals surface area contributed by atoms with Crippen LogP contribution in [0.3, 0.4) is 0 Å². The van der Waals surface area contributed by atoms with Crippen molar-refractivity contribution in [2.75, 3.05) is 12.4 Å². The lowest BCUT2D eigenvalue weighted by Crippen LogP contribution is -2.27. The van der Waals surface area contributed by atoms with Crippen molar-refractivity contribution in [3.05, 3.63) is 74.9 Å². The van der Waals surface area contributed by atoms with Gasteiger partial charge in [-0.3, -0.25) is 14.2 Å². The molecular weight excluding hydrogens is 441 g/mol. The van der Waals surface area contributed by atoms with Gasteiger partial charge >= 0.3 is 0 Å². The summed E-state index contributed by atoms with van der Waals surface area (Å²) in [5.41, 5.74) is 2.15. The quantitative estimate of drug-likeness (QED) is 0.491. The third-order valence-corrected chi connectivity index (χ3v) is 5.23. The fourth-order valence-corrected chi connectivity index (χ4v) is 3.57. The van der Waals surface area contributed by atoms with Crippen LogP contribution in [0.4, 0.5) is 5.69 Å². The van der Waals surface area contributed by atoms with Crippen molar-refractivity contribution < 1.29 is 9.53 Å². The topological polar surface area (TPSA) is 91.0 Å². The van der Waals surface area contributed by atoms with E-state index in [4.69, 9.17) is 27.9 Å². The number of benzene rings is 2. The Kier molecular flexibility index (Phi) is 5.67. The monoisotopic (exact) mass is 457 g/mol. The van der Waals surface area contributed by atoms with Gasteiger partial charge < -0.3 is 10.1 Å². The summed E-state index contributed by atoms with van der Waals surface area (Å²) in [7, 11) is 1.50. The highest BCUT2D eigenvalue weighted by atomic mass is 35.5. The Hall–Kier alpha value is -3.36. The second-order valence-corrected chi connectivity index (χ2v) is 7.64. The molecule has 0 saturated heterocycles. The molecule has 2 aromatic carbocycles. The molecule has 0 unspecified atom stereocenters. The molecule has 31 heavy (non-hydrogen) atoms. The summed E-state index contributed by atoms with van der Waals surface area (Å²) in [6.45, 7) is 1.70. The van der Waals surface area contributed by atoms with E-state index in [0.717, 1.165) is 11.3 Å². The third kappa shape index (κ3) is 4.12. The van der Waals surface area contributed by atoms with Crippen molar-refractivity contribution in [3.8, 4) is 11.4 Å². The number of carbonyl (C=O) groups is 1. The van der Waals surface area contributed by atoms with Crippen LogP contribution in [0.25, 0.3) is 16.7 Å². The molecule has 0 radical (unpaired) electrons. The summed E-state index contributed by atoms with van der Waals surface area (Å²) in [5, 5.41) is 8.21. The highest BCUT2D eigenvalue weighted by Crippen LogP contribution is 2.27. The Morgan fingerprint density at radius 2 is 2.00 bits per heavy atom. The standard InChI is InChI=1S/C21H17Cl2N5O3/c1-12-3-4-13(22)7-17(12)28-20-15(9-25-28)21(30)27(11-24-20)10-19(29)26-14-5-6-18(31-2)16(23)8-14/h3-9,11H,10H2,1-2H3,(H,26,29). The van der Waals surface area contributed by atoms with Gasteiger partial charge in [-0.15, -0.1) is 0 Å². The maximum Gasteiger partial charge on any atom is 0.264 e. The molecule has 1 N–H and O–H groups in total. The SMILES string of the molecule is COc1ccc(NC(=O)Cn2cnc3c(cnn3-c3cc(Cl)ccc3C)c2=O)cc1Cl. The first kappa shape index (κ1) is 20.9. The Morgan fingerprint density at radius 3 is 2.74 bits per heavy atom. The minimum atomic E-state index is -0.400. The molecular formula is C21H17Cl2N5O3. The maximum atomic E-state index is 12.9. The molecule has 0 aliphatic rings. The number of nitrogens with one attached hydrogen (secondary N) is 1. The molecule has 4 aromatic rings. The van der Waals surface area contributed by atoms with E-state index >= 15 is 0 Å². The third-order valence-electron chi connectivity index (χ3n) is 4.70. The zero-order valence-electron chi connectivity index (χ0n) is 16.6. The van der Waals surface area contributed by atoms with Crippen molar-refractivity contribution in [2.45, 2.75) is 13.5 Å². The van der Waals surface area contributed by atoms with E-state index in [1.54, 1.807) is 35.0 Å². The molecule has 0 aliphatic carbocycles. The lowest BCUT2D eigenvalue weighted by atomic mass is 10.2. The number of amides is 1. The molecule has 0 spiro atoms. The second kappa shape index (κ2) is 8.41. The normalized spacial score (nSPS) is 11.0. The molecule has 158 valence electrons. The van der Waals surface area contributed by atoms with E-state index in [9.17, 15) is 9.59 Å². The molecule has 1 amide bonds. The molecule has 2 heterocycles. The minimum absolute atomic E-state index is 0.215. The van der Waals surface area contributed by atoms with Gasteiger partial charge in [0.1, 0.15) is 24.0 Å². The number of hydrogen-bond acceptors (Lipinski definition) is 5. The average Bonchev–Trinajstić information content (AvgIpc) is 3.16. The molecule has 0 bridgehead atoms. The fraction of sp³-hybridized carbons (Fsp3) is 0.143. The molecule has 4 rings (SSSR count). The number of ether oxygens (including phenoxy) is 1. The molecule has 0 saturated carbocycles. The van der Waals surface area contributed by atoms with Gasteiger partial charge in [0.25, 0.3) is 5.56 Å². The fourth-order valence-electron chi connectivity index (χ4n) is 3.15. The Bertz CT molecular complexity index is 1360. The largest absolute Gasteiger partial charge is 0.495 e. The van der Waals surface area contributed by atoms with Crippen LogP contribution in [-0.2, 0) is 11.3 Å². The number of fused-ring (bicyclic) bond motifs is 1. The van der Waals surface area contributed by atoms with Crippen molar-refractivity contribution in [2.24, 2.45) is 0 Å². The first-order chi connectivity index (χ1) is 14.9. The number of halogens is 2. The van der Waals surface area contributed by atoms with E-state index in [-0.39, 0.29) is 12.1 Å². The van der Waals surface area contributed by atoms with E-state index in [0.29, 0.717) is 32.5 Å². The molecule has 0 atom stereocenters. The highest BCUT2D eigenvalue weighted by Gasteiger charge is 2.15. The lowest BCUT2D eigenvalue weighted by Gasteiger charge is -2.10. The highest BCUT2D eigenvalue weighted by molar-refractivity contribution is 6.32. The van der Waals surface area contributed by atoms with Gasteiger partial charge in [0.05, 0.1) is 24.0 Å². The number of hydrogen-bond donors (Lipinski definition) is 1. The number of carbonyl (C=O) groups excluding carboxylic acids is 1. The zero-order valence-corrected chi connectivity index (χ0v) is 18.1. The number of nitrogens with zero attached hydrogens (tertiary/aromatic N) is 4. The molecule has 0 fully saturated rings. The molecule has 2 aromatic heterocycles. The smallest absolute Gasteiger partial charge is 0.264 e. The van der Waals surface area contributed by atoms with Crippen LogP contribution < -0.4 is 15.6 Å². The minimum Gasteiger partial charge on any atom is -0.495 e. The summed E-state index contributed by atoms with van der Waals surface area (Å²) >= 11 is 12.2. The first-order valence-corrected chi connectivity index (χ1v) is 9.96. The maximum absolute atomic E-state index is 12.9. The van der Waals surface area contributed by atoms with Crippen LogP contribution in [0.15, 0.2) is 53.7 Å². The van der Waals surface area contributed by atoms with Crippen molar-refractivity contribution >= 4 is 45.8 Å². The summed E-state index contributed by atoms with van der Waals surface area (Å²) in [5.74, 6) is 0.0973. The zero-order chi connectivity index (χ0) is 22.1. The predicted molar refractivity (Wildman–Crippen MR) is 120 cm³/mol. The van der Waals surface area contributed by atoms with Crippen molar-refractivity contribution in [1.29, 1.82) is 0 Å². The van der Waals surface area contributed by atoms with Crippen LogP contribution in [0.1, 0.15) is 5.56 Å². The predicted octanol–water partition coefficient (Wildman–Crippen LogP) is 3.84. The van der Waals surface area contributed by atoms with Gasteiger partial charge in [-0.05, 0) is 42.8 Å². The first-order valence-electron chi connectivity index (χ1n) is 9.20. The van der Waals surface area contributed by atoms with Crippen LogP contribution in [0.5, 0.6) is 5.75 Å². The van der Waals surface area contributed by atoms with Crippen LogP contribution in [0, 0.1) is 6.92 Å². The second-order valence-electron chi connectivity index (χ2n) is 6.80. The van der Waals surface area contributed by atoms with E-state index in [1.165, 1.54) is 24.2 Å². The average molecular weight is 458 g/mol. The van der Waals surface area contributed by atoms with Crippen LogP contribution in [0.2, 0.25) is 10.0 Å².